The third-order valence-electron chi connectivity index (χ3n) is 5.86. The molecule has 0 saturated carbocycles. The van der Waals surface area contributed by atoms with Crippen LogP contribution in [0.15, 0.2) is 60.2 Å². The van der Waals surface area contributed by atoms with E-state index in [9.17, 15) is 37.1 Å². The number of aliphatic carboxylic acids is 1. The summed E-state index contributed by atoms with van der Waals surface area (Å²) in [4.78, 5) is 12.3. The molecule has 0 aliphatic rings. The lowest BCUT2D eigenvalue weighted by molar-refractivity contribution is -0.145. The number of ether oxygens (including phenoxy) is 1. The highest BCUT2D eigenvalue weighted by Crippen LogP contribution is 2.45. The molecule has 37 heavy (non-hydrogen) atoms. The molecule has 0 aromatic heterocycles. The molecule has 192 valence electrons. The van der Waals surface area contributed by atoms with Crippen LogP contribution in [0.4, 0.5) is 26.3 Å². The molecule has 0 amide bonds. The van der Waals surface area contributed by atoms with Crippen molar-refractivity contribution in [2.45, 2.75) is 20.3 Å². The van der Waals surface area contributed by atoms with Gasteiger partial charge in [0.15, 0.2) is 28.7 Å². The first kappa shape index (κ1) is 27.3. The van der Waals surface area contributed by atoms with E-state index in [1.807, 2.05) is 0 Å². The van der Waals surface area contributed by atoms with E-state index in [4.69, 9.17) is 4.74 Å². The molecule has 1 N–H and O–H groups in total. The Bertz CT molecular complexity index is 1390. The molecule has 0 saturated heterocycles. The van der Waals surface area contributed by atoms with Crippen LogP contribution in [0.25, 0.3) is 5.83 Å². The van der Waals surface area contributed by atoms with Gasteiger partial charge in [-0.3, -0.25) is 4.79 Å². The highest BCUT2D eigenvalue weighted by molar-refractivity contribution is 5.86. The monoisotopic (exact) mass is 519 g/mol. The maximum absolute atomic E-state index is 15.9. The number of para-hydroxylation sites is 2. The molecule has 4 nitrogen and oxygen atoms in total. The second-order valence-corrected chi connectivity index (χ2v) is 8.32. The number of benzene rings is 3. The molecule has 0 fully saturated rings. The van der Waals surface area contributed by atoms with E-state index in [-0.39, 0.29) is 11.3 Å². The van der Waals surface area contributed by atoms with Crippen molar-refractivity contribution in [1.82, 2.24) is 0 Å². The SMILES string of the molecule is CC(C)C(C#N)(C(=O)O)/C(Cc1ccccc1Oc1ccccc1)=C(/F)c1c(F)c(F)c(F)c(F)c1F. The zero-order valence-electron chi connectivity index (χ0n) is 19.5. The van der Waals surface area contributed by atoms with Crippen LogP contribution in [-0.4, -0.2) is 11.1 Å². The van der Waals surface area contributed by atoms with E-state index in [0.717, 1.165) is 0 Å². The van der Waals surface area contributed by atoms with Gasteiger partial charge in [-0.05, 0) is 29.7 Å². The molecule has 0 aliphatic heterocycles. The summed E-state index contributed by atoms with van der Waals surface area (Å²) in [6.07, 6.45) is -0.771. The second-order valence-electron chi connectivity index (χ2n) is 8.32. The molecule has 0 radical (unpaired) electrons. The molecule has 3 aromatic carbocycles. The van der Waals surface area contributed by atoms with Crippen molar-refractivity contribution in [3.05, 3.63) is 100 Å². The lowest BCUT2D eigenvalue weighted by Crippen LogP contribution is -2.38. The van der Waals surface area contributed by atoms with Crippen molar-refractivity contribution in [2.75, 3.05) is 0 Å². The molecule has 3 aromatic rings. The predicted octanol–water partition coefficient (Wildman–Crippen LogP) is 7.35. The maximum atomic E-state index is 15.9. The van der Waals surface area contributed by atoms with Gasteiger partial charge in [0.05, 0.1) is 11.6 Å². The van der Waals surface area contributed by atoms with Gasteiger partial charge in [-0.15, -0.1) is 0 Å². The van der Waals surface area contributed by atoms with Crippen molar-refractivity contribution in [3.8, 4) is 17.6 Å². The zero-order valence-corrected chi connectivity index (χ0v) is 19.5. The summed E-state index contributed by atoms with van der Waals surface area (Å²) < 4.78 is 92.2. The van der Waals surface area contributed by atoms with Gasteiger partial charge in [-0.1, -0.05) is 50.2 Å². The van der Waals surface area contributed by atoms with Gasteiger partial charge in [-0.25, -0.2) is 26.3 Å². The van der Waals surface area contributed by atoms with Crippen LogP contribution in [0.1, 0.15) is 25.0 Å². The van der Waals surface area contributed by atoms with Crippen LogP contribution < -0.4 is 4.74 Å². The highest BCUT2D eigenvalue weighted by Gasteiger charge is 2.49. The Morgan fingerprint density at radius 2 is 1.43 bits per heavy atom. The van der Waals surface area contributed by atoms with Crippen molar-refractivity contribution in [1.29, 1.82) is 5.26 Å². The Balaban J connectivity index is 2.35. The molecule has 0 aliphatic carbocycles. The molecular weight excluding hydrogens is 500 g/mol. The average Bonchev–Trinajstić information content (AvgIpc) is 2.87. The fourth-order valence-corrected chi connectivity index (χ4v) is 3.86. The van der Waals surface area contributed by atoms with Gasteiger partial charge in [0.1, 0.15) is 17.3 Å². The van der Waals surface area contributed by atoms with Gasteiger partial charge in [0.2, 0.25) is 5.82 Å². The van der Waals surface area contributed by atoms with E-state index in [1.165, 1.54) is 38.1 Å². The van der Waals surface area contributed by atoms with Gasteiger partial charge >= 0.3 is 5.97 Å². The Hall–Kier alpha value is -4.26. The summed E-state index contributed by atoms with van der Waals surface area (Å²) in [6, 6.07) is 15.6. The minimum atomic E-state index is -2.75. The number of nitriles is 1. The van der Waals surface area contributed by atoms with Gasteiger partial charge in [-0.2, -0.15) is 5.26 Å². The first-order valence-electron chi connectivity index (χ1n) is 10.8. The van der Waals surface area contributed by atoms with Crippen LogP contribution in [0.5, 0.6) is 11.5 Å². The van der Waals surface area contributed by atoms with Crippen LogP contribution in [0, 0.1) is 51.8 Å². The van der Waals surface area contributed by atoms with Gasteiger partial charge in [0.25, 0.3) is 0 Å². The van der Waals surface area contributed by atoms with Gasteiger partial charge < -0.3 is 9.84 Å². The molecule has 1 atom stereocenters. The molecule has 0 heterocycles. The number of halogens is 6. The number of carboxylic acids is 1. The lowest BCUT2D eigenvalue weighted by atomic mass is 9.69. The fourth-order valence-electron chi connectivity index (χ4n) is 3.86. The second kappa shape index (κ2) is 10.8. The largest absolute Gasteiger partial charge is 0.480 e. The summed E-state index contributed by atoms with van der Waals surface area (Å²) in [7, 11) is 0. The third-order valence-corrected chi connectivity index (χ3v) is 5.86. The third kappa shape index (κ3) is 4.89. The minimum absolute atomic E-state index is 0.0809. The summed E-state index contributed by atoms with van der Waals surface area (Å²) in [5, 5.41) is 19.9. The van der Waals surface area contributed by atoms with E-state index in [0.29, 0.717) is 5.75 Å². The van der Waals surface area contributed by atoms with E-state index < -0.39 is 69.8 Å². The maximum Gasteiger partial charge on any atom is 0.328 e. The molecule has 0 spiro atoms. The van der Waals surface area contributed by atoms with E-state index in [1.54, 1.807) is 36.4 Å². The summed E-state index contributed by atoms with van der Waals surface area (Å²) in [5.41, 5.74) is -5.63. The molecule has 3 rings (SSSR count). The summed E-state index contributed by atoms with van der Waals surface area (Å²) >= 11 is 0. The van der Waals surface area contributed by atoms with Crippen LogP contribution in [0.3, 0.4) is 0 Å². The quantitative estimate of drug-likeness (QED) is 0.192. The Labute approximate surface area is 208 Å². The molecule has 0 bridgehead atoms. The van der Waals surface area contributed by atoms with Crippen LogP contribution in [0.2, 0.25) is 0 Å². The normalized spacial score (nSPS) is 13.5. The first-order chi connectivity index (χ1) is 17.5. The number of carbonyl (C=O) groups is 1. The number of hydrogen-bond acceptors (Lipinski definition) is 3. The topological polar surface area (TPSA) is 70.3 Å². The molecule has 10 heteroatoms. The predicted molar refractivity (Wildman–Crippen MR) is 121 cm³/mol. The summed E-state index contributed by atoms with van der Waals surface area (Å²) in [6.45, 7) is 2.49. The fraction of sp³-hybridized carbons (Fsp3) is 0.185. The Morgan fingerprint density at radius 3 is 1.95 bits per heavy atom. The molecule has 1 unspecified atom stereocenters. The standard InChI is InChI=1S/C27H19F6NO3/c1-14(2)27(13-34,26(35)36)17(20(28)19-21(29)23(31)25(33)24(32)22(19)30)12-15-8-6-7-11-18(15)37-16-9-4-3-5-10-16/h3-11,14H,12H2,1-2H3,(H,35,36)/b20-17+. The number of hydrogen-bond donors (Lipinski definition) is 1. The average molecular weight is 519 g/mol. The van der Waals surface area contributed by atoms with Crippen LogP contribution in [-0.2, 0) is 11.2 Å². The summed E-state index contributed by atoms with van der Waals surface area (Å²) in [5.74, 6) is -17.0. The number of rotatable bonds is 8. The van der Waals surface area contributed by atoms with Crippen LogP contribution >= 0.6 is 0 Å². The number of nitrogens with zero attached hydrogens (tertiary/aromatic N) is 1. The minimum Gasteiger partial charge on any atom is -0.480 e. The smallest absolute Gasteiger partial charge is 0.328 e. The Kier molecular flexibility index (Phi) is 7.96. The highest BCUT2D eigenvalue weighted by atomic mass is 19.2. The van der Waals surface area contributed by atoms with Crippen molar-refractivity contribution in [3.63, 3.8) is 0 Å². The molecular formula is C27H19F6NO3. The van der Waals surface area contributed by atoms with Gasteiger partial charge in [0, 0.05) is 12.0 Å². The number of carboxylic acid groups (broad SMARTS) is 1. The van der Waals surface area contributed by atoms with E-state index in [2.05, 4.69) is 0 Å². The first-order valence-corrected chi connectivity index (χ1v) is 10.8. The Morgan fingerprint density at radius 1 is 0.919 bits per heavy atom. The van der Waals surface area contributed by atoms with Crippen molar-refractivity contribution in [2.24, 2.45) is 11.3 Å². The van der Waals surface area contributed by atoms with Crippen molar-refractivity contribution < 1.29 is 41.0 Å². The lowest BCUT2D eigenvalue weighted by Gasteiger charge is -2.30. The van der Waals surface area contributed by atoms with E-state index >= 15 is 4.39 Å². The van der Waals surface area contributed by atoms with Crippen molar-refractivity contribution >= 4 is 11.8 Å². The zero-order chi connectivity index (χ0) is 27.5.